The standard InChI is InChI=1S/C28H34O/c1-21(2)20-29-26-18-17-24(27(3,4)22-13-9-7-10-14-22)19-25(26)28(5,6)23-15-11-8-12-16-23/h7-19,21H,20H2,1-6H3. The molecule has 0 saturated heterocycles. The molecule has 0 fully saturated rings. The van der Waals surface area contributed by atoms with Gasteiger partial charge in [-0.25, -0.2) is 0 Å². The summed E-state index contributed by atoms with van der Waals surface area (Å²) in [4.78, 5) is 0. The average molecular weight is 387 g/mol. The Labute approximate surface area is 176 Å². The zero-order valence-electron chi connectivity index (χ0n) is 18.7. The maximum Gasteiger partial charge on any atom is 0.123 e. The molecule has 0 bridgehead atoms. The van der Waals surface area contributed by atoms with Crippen LogP contribution in [0.25, 0.3) is 0 Å². The highest BCUT2D eigenvalue weighted by atomic mass is 16.5. The summed E-state index contributed by atoms with van der Waals surface area (Å²) in [6.07, 6.45) is 0. The maximum absolute atomic E-state index is 6.28. The highest BCUT2D eigenvalue weighted by Crippen LogP contribution is 2.41. The molecular weight excluding hydrogens is 352 g/mol. The van der Waals surface area contributed by atoms with Gasteiger partial charge in [0.2, 0.25) is 0 Å². The molecule has 3 aromatic carbocycles. The van der Waals surface area contributed by atoms with Crippen molar-refractivity contribution in [2.45, 2.75) is 52.4 Å². The van der Waals surface area contributed by atoms with Crippen molar-refractivity contribution in [3.8, 4) is 5.75 Å². The molecule has 0 N–H and O–H groups in total. The molecule has 0 heterocycles. The highest BCUT2D eigenvalue weighted by Gasteiger charge is 2.30. The fraction of sp³-hybridized carbons (Fsp3) is 0.357. The van der Waals surface area contributed by atoms with E-state index >= 15 is 0 Å². The lowest BCUT2D eigenvalue weighted by atomic mass is 9.73. The van der Waals surface area contributed by atoms with Gasteiger partial charge in [0.15, 0.2) is 0 Å². The molecular formula is C28H34O. The van der Waals surface area contributed by atoms with E-state index < -0.39 is 0 Å². The van der Waals surface area contributed by atoms with Crippen molar-refractivity contribution in [3.05, 3.63) is 101 Å². The highest BCUT2D eigenvalue weighted by molar-refractivity contribution is 5.51. The van der Waals surface area contributed by atoms with Crippen LogP contribution in [0.2, 0.25) is 0 Å². The molecule has 29 heavy (non-hydrogen) atoms. The predicted molar refractivity (Wildman–Crippen MR) is 124 cm³/mol. The van der Waals surface area contributed by atoms with Gasteiger partial charge in [0.05, 0.1) is 6.61 Å². The first-order valence-electron chi connectivity index (χ1n) is 10.6. The molecule has 0 atom stereocenters. The first-order valence-corrected chi connectivity index (χ1v) is 10.6. The van der Waals surface area contributed by atoms with Gasteiger partial charge >= 0.3 is 0 Å². The Morgan fingerprint density at radius 1 is 0.655 bits per heavy atom. The molecule has 1 heteroatoms. The first-order chi connectivity index (χ1) is 13.7. The molecule has 0 saturated carbocycles. The lowest BCUT2D eigenvalue weighted by Crippen LogP contribution is -2.24. The molecule has 152 valence electrons. The summed E-state index contributed by atoms with van der Waals surface area (Å²) in [6.45, 7) is 14.3. The summed E-state index contributed by atoms with van der Waals surface area (Å²) in [5, 5.41) is 0. The third-order valence-electron chi connectivity index (χ3n) is 5.94. The van der Waals surface area contributed by atoms with Gasteiger partial charge in [-0.1, -0.05) is 114 Å². The van der Waals surface area contributed by atoms with Crippen LogP contribution in [0.15, 0.2) is 78.9 Å². The molecule has 3 aromatic rings. The van der Waals surface area contributed by atoms with Gasteiger partial charge in [-0.2, -0.15) is 0 Å². The zero-order chi connectivity index (χ0) is 21.1. The average Bonchev–Trinajstić information content (AvgIpc) is 2.73. The molecule has 3 rings (SSSR count). The minimum Gasteiger partial charge on any atom is -0.493 e. The Kier molecular flexibility index (Phi) is 6.17. The van der Waals surface area contributed by atoms with Crippen LogP contribution in [0.4, 0.5) is 0 Å². The molecule has 0 radical (unpaired) electrons. The van der Waals surface area contributed by atoms with Crippen LogP contribution < -0.4 is 4.74 Å². The van der Waals surface area contributed by atoms with Crippen LogP contribution in [-0.2, 0) is 10.8 Å². The smallest absolute Gasteiger partial charge is 0.123 e. The lowest BCUT2D eigenvalue weighted by molar-refractivity contribution is 0.265. The molecule has 0 amide bonds. The normalized spacial score (nSPS) is 12.2. The molecule has 1 nitrogen and oxygen atoms in total. The van der Waals surface area contributed by atoms with Crippen molar-refractivity contribution in [2.24, 2.45) is 5.92 Å². The maximum atomic E-state index is 6.28. The molecule has 0 aliphatic heterocycles. The number of hydrogen-bond acceptors (Lipinski definition) is 1. The van der Waals surface area contributed by atoms with E-state index in [4.69, 9.17) is 4.74 Å². The fourth-order valence-corrected chi connectivity index (χ4v) is 3.82. The van der Waals surface area contributed by atoms with Gasteiger partial charge in [0.25, 0.3) is 0 Å². The van der Waals surface area contributed by atoms with E-state index in [0.717, 1.165) is 12.4 Å². The summed E-state index contributed by atoms with van der Waals surface area (Å²) in [5.41, 5.74) is 4.92. The van der Waals surface area contributed by atoms with E-state index in [1.165, 1.54) is 22.3 Å². The lowest BCUT2D eigenvalue weighted by Gasteiger charge is -2.32. The second-order valence-corrected chi connectivity index (χ2v) is 9.40. The van der Waals surface area contributed by atoms with Crippen LogP contribution in [0, 0.1) is 5.92 Å². The van der Waals surface area contributed by atoms with E-state index in [2.05, 4.69) is 120 Å². The topological polar surface area (TPSA) is 9.23 Å². The van der Waals surface area contributed by atoms with Gasteiger partial charge in [-0.05, 0) is 28.7 Å². The molecule has 0 unspecified atom stereocenters. The van der Waals surface area contributed by atoms with Crippen LogP contribution in [-0.4, -0.2) is 6.61 Å². The summed E-state index contributed by atoms with van der Waals surface area (Å²) in [6, 6.07) is 28.2. The van der Waals surface area contributed by atoms with Gasteiger partial charge in [-0.15, -0.1) is 0 Å². The van der Waals surface area contributed by atoms with E-state index in [0.29, 0.717) is 5.92 Å². The van der Waals surface area contributed by atoms with Gasteiger partial charge in [0, 0.05) is 16.4 Å². The van der Waals surface area contributed by atoms with E-state index in [-0.39, 0.29) is 10.8 Å². The number of rotatable bonds is 7. The summed E-state index contributed by atoms with van der Waals surface area (Å²) in [5.74, 6) is 1.48. The third kappa shape index (κ3) is 4.56. The van der Waals surface area contributed by atoms with Crippen molar-refractivity contribution in [1.82, 2.24) is 0 Å². The number of hydrogen-bond donors (Lipinski definition) is 0. The molecule has 0 spiro atoms. The predicted octanol–water partition coefficient (Wildman–Crippen LogP) is 7.37. The van der Waals surface area contributed by atoms with E-state index in [1.54, 1.807) is 0 Å². The minimum absolute atomic E-state index is 0.0840. The van der Waals surface area contributed by atoms with Gasteiger partial charge in [-0.3, -0.25) is 0 Å². The van der Waals surface area contributed by atoms with Crippen molar-refractivity contribution in [2.75, 3.05) is 6.61 Å². The Morgan fingerprint density at radius 3 is 1.69 bits per heavy atom. The Morgan fingerprint density at radius 2 is 1.17 bits per heavy atom. The van der Waals surface area contributed by atoms with E-state index in [9.17, 15) is 0 Å². The number of benzene rings is 3. The molecule has 0 aliphatic carbocycles. The SMILES string of the molecule is CC(C)COc1ccc(C(C)(C)c2ccccc2)cc1C(C)(C)c1ccccc1. The van der Waals surface area contributed by atoms with Crippen LogP contribution in [0.1, 0.15) is 63.8 Å². The summed E-state index contributed by atoms with van der Waals surface area (Å²) in [7, 11) is 0. The summed E-state index contributed by atoms with van der Waals surface area (Å²) < 4.78 is 6.28. The largest absolute Gasteiger partial charge is 0.493 e. The minimum atomic E-state index is -0.156. The van der Waals surface area contributed by atoms with Crippen molar-refractivity contribution < 1.29 is 4.74 Å². The van der Waals surface area contributed by atoms with Crippen LogP contribution in [0.5, 0.6) is 5.75 Å². The van der Waals surface area contributed by atoms with Gasteiger partial charge < -0.3 is 4.74 Å². The van der Waals surface area contributed by atoms with Crippen molar-refractivity contribution in [1.29, 1.82) is 0 Å². The van der Waals surface area contributed by atoms with Crippen molar-refractivity contribution >= 4 is 0 Å². The quantitative estimate of drug-likeness (QED) is 0.412. The fourth-order valence-electron chi connectivity index (χ4n) is 3.82. The Bertz CT molecular complexity index is 921. The van der Waals surface area contributed by atoms with Gasteiger partial charge in [0.1, 0.15) is 5.75 Å². The third-order valence-corrected chi connectivity index (χ3v) is 5.94. The summed E-state index contributed by atoms with van der Waals surface area (Å²) >= 11 is 0. The molecule has 0 aliphatic rings. The van der Waals surface area contributed by atoms with E-state index in [1.807, 2.05) is 0 Å². The Balaban J connectivity index is 2.12. The van der Waals surface area contributed by atoms with Crippen LogP contribution in [0.3, 0.4) is 0 Å². The second-order valence-electron chi connectivity index (χ2n) is 9.40. The second kappa shape index (κ2) is 8.45. The first kappa shape index (κ1) is 21.2. The Hall–Kier alpha value is -2.54. The van der Waals surface area contributed by atoms with Crippen molar-refractivity contribution in [3.63, 3.8) is 0 Å². The van der Waals surface area contributed by atoms with Crippen LogP contribution >= 0.6 is 0 Å². The number of ether oxygens (including phenoxy) is 1. The molecule has 0 aromatic heterocycles. The zero-order valence-corrected chi connectivity index (χ0v) is 18.7. The monoisotopic (exact) mass is 386 g/mol.